The number of nitrogens with zero attached hydrogens (tertiary/aromatic N) is 1. The molecule has 0 unspecified atom stereocenters. The zero-order valence-corrected chi connectivity index (χ0v) is 15.3. The zero-order chi connectivity index (χ0) is 16.3. The molecule has 4 saturated carbocycles. The molecular weight excluding hydrogens is 284 g/mol. The minimum absolute atomic E-state index is 0.197. The molecule has 0 saturated heterocycles. The average Bonchev–Trinajstić information content (AvgIpc) is 2.51. The average molecular weight is 321 g/mol. The van der Waals surface area contributed by atoms with Crippen LogP contribution in [-0.4, -0.2) is 30.6 Å². The number of hydrogen-bond donors (Lipinski definition) is 1. The Balaban J connectivity index is 1.52. The first-order valence-corrected chi connectivity index (χ1v) is 10.2. The molecule has 4 aliphatic carbocycles. The lowest BCUT2D eigenvalue weighted by molar-refractivity contribution is -0.0502. The van der Waals surface area contributed by atoms with Gasteiger partial charge in [0.1, 0.15) is 0 Å². The number of rotatable bonds is 8. The molecule has 3 nitrogen and oxygen atoms in total. The van der Waals surface area contributed by atoms with E-state index in [2.05, 4.69) is 24.1 Å². The van der Waals surface area contributed by atoms with Crippen molar-refractivity contribution in [1.29, 1.82) is 0 Å². The normalized spacial score (nSPS) is 34.6. The number of amides is 2. The molecule has 4 bridgehead atoms. The van der Waals surface area contributed by atoms with E-state index in [1.165, 1.54) is 38.5 Å². The molecule has 4 rings (SSSR count). The van der Waals surface area contributed by atoms with E-state index in [1.54, 1.807) is 0 Å². The van der Waals surface area contributed by atoms with Crippen LogP contribution < -0.4 is 5.32 Å². The van der Waals surface area contributed by atoms with Gasteiger partial charge in [0.25, 0.3) is 0 Å². The molecule has 2 amide bonds. The predicted molar refractivity (Wildman–Crippen MR) is 95.4 cm³/mol. The van der Waals surface area contributed by atoms with Gasteiger partial charge in [-0.05, 0) is 74.5 Å². The molecule has 0 aliphatic heterocycles. The highest BCUT2D eigenvalue weighted by molar-refractivity contribution is 5.74. The van der Waals surface area contributed by atoms with Gasteiger partial charge in [0.2, 0.25) is 0 Å². The van der Waals surface area contributed by atoms with Crippen LogP contribution in [-0.2, 0) is 0 Å². The first-order valence-electron chi connectivity index (χ1n) is 10.2. The number of carbonyl (C=O) groups is 1. The molecule has 4 fully saturated rings. The lowest BCUT2D eigenvalue weighted by Gasteiger charge is -2.57. The molecule has 1 N–H and O–H groups in total. The van der Waals surface area contributed by atoms with Crippen LogP contribution in [0.5, 0.6) is 0 Å². The Morgan fingerprint density at radius 1 is 0.957 bits per heavy atom. The summed E-state index contributed by atoms with van der Waals surface area (Å²) in [6.07, 6.45) is 13.1. The van der Waals surface area contributed by atoms with E-state index in [0.717, 1.165) is 63.1 Å². The molecule has 3 heteroatoms. The van der Waals surface area contributed by atoms with Crippen molar-refractivity contribution in [2.24, 2.45) is 23.2 Å². The van der Waals surface area contributed by atoms with Crippen LogP contribution in [0.4, 0.5) is 4.79 Å². The minimum Gasteiger partial charge on any atom is -0.337 e. The summed E-state index contributed by atoms with van der Waals surface area (Å²) in [4.78, 5) is 14.7. The smallest absolute Gasteiger partial charge is 0.317 e. The van der Waals surface area contributed by atoms with E-state index in [1.807, 2.05) is 0 Å². The van der Waals surface area contributed by atoms with E-state index >= 15 is 0 Å². The van der Waals surface area contributed by atoms with Crippen LogP contribution in [0.25, 0.3) is 0 Å². The van der Waals surface area contributed by atoms with Crippen molar-refractivity contribution in [2.45, 2.75) is 78.1 Å². The summed E-state index contributed by atoms with van der Waals surface area (Å²) < 4.78 is 0. The zero-order valence-electron chi connectivity index (χ0n) is 15.3. The fraction of sp³-hybridized carbons (Fsp3) is 0.950. The first-order chi connectivity index (χ1) is 11.1. The van der Waals surface area contributed by atoms with Crippen LogP contribution >= 0.6 is 0 Å². The van der Waals surface area contributed by atoms with Crippen LogP contribution in [0, 0.1) is 23.2 Å². The van der Waals surface area contributed by atoms with Crippen molar-refractivity contribution in [3.05, 3.63) is 0 Å². The monoisotopic (exact) mass is 320 g/mol. The van der Waals surface area contributed by atoms with E-state index in [-0.39, 0.29) is 6.03 Å². The summed E-state index contributed by atoms with van der Waals surface area (Å²) >= 11 is 0. The Morgan fingerprint density at radius 2 is 1.43 bits per heavy atom. The second-order valence-corrected chi connectivity index (χ2v) is 8.77. The standard InChI is InChI=1S/C20H36N2O/c1-3-5-7-22(8-6-4-2)19(23)21-15-20-12-16-9-17(13-20)11-18(10-16)14-20/h16-18H,3-15H2,1-2H3,(H,21,23). The van der Waals surface area contributed by atoms with Crippen molar-refractivity contribution in [3.63, 3.8) is 0 Å². The number of hydrogen-bond acceptors (Lipinski definition) is 1. The Bertz CT molecular complexity index is 363. The van der Waals surface area contributed by atoms with Gasteiger partial charge in [-0.2, -0.15) is 0 Å². The van der Waals surface area contributed by atoms with Crippen LogP contribution in [0.3, 0.4) is 0 Å². The van der Waals surface area contributed by atoms with Gasteiger partial charge >= 0.3 is 6.03 Å². The maximum atomic E-state index is 12.7. The number of urea groups is 1. The molecule has 0 aromatic carbocycles. The summed E-state index contributed by atoms with van der Waals surface area (Å²) in [5.41, 5.74) is 0.450. The third-order valence-corrected chi connectivity index (χ3v) is 6.63. The molecule has 0 aromatic rings. The lowest BCUT2D eigenvalue weighted by Crippen LogP contribution is -2.53. The van der Waals surface area contributed by atoms with Gasteiger partial charge in [-0.25, -0.2) is 4.79 Å². The molecule has 23 heavy (non-hydrogen) atoms. The summed E-state index contributed by atoms with van der Waals surface area (Å²) in [5.74, 6) is 2.90. The van der Waals surface area contributed by atoms with Gasteiger partial charge in [0.15, 0.2) is 0 Å². The molecule has 4 aliphatic rings. The van der Waals surface area contributed by atoms with Crippen molar-refractivity contribution < 1.29 is 4.79 Å². The van der Waals surface area contributed by atoms with E-state index in [9.17, 15) is 4.79 Å². The second-order valence-electron chi connectivity index (χ2n) is 8.77. The SMILES string of the molecule is CCCCN(CCCC)C(=O)NCC12CC3CC(CC(C3)C1)C2. The van der Waals surface area contributed by atoms with Crippen LogP contribution in [0.2, 0.25) is 0 Å². The van der Waals surface area contributed by atoms with Crippen molar-refractivity contribution in [2.75, 3.05) is 19.6 Å². The predicted octanol–water partition coefficient (Wildman–Crippen LogP) is 4.81. The summed E-state index contributed by atoms with van der Waals surface area (Å²) in [5, 5.41) is 3.34. The topological polar surface area (TPSA) is 32.3 Å². The van der Waals surface area contributed by atoms with Crippen molar-refractivity contribution in [1.82, 2.24) is 10.2 Å². The third kappa shape index (κ3) is 4.03. The van der Waals surface area contributed by atoms with Gasteiger partial charge < -0.3 is 10.2 Å². The summed E-state index contributed by atoms with van der Waals surface area (Å²) in [6, 6.07) is 0.197. The van der Waals surface area contributed by atoms with Gasteiger partial charge in [-0.1, -0.05) is 26.7 Å². The van der Waals surface area contributed by atoms with Gasteiger partial charge in [-0.3, -0.25) is 0 Å². The van der Waals surface area contributed by atoms with Crippen molar-refractivity contribution >= 4 is 6.03 Å². The molecule has 0 aromatic heterocycles. The lowest BCUT2D eigenvalue weighted by atomic mass is 9.49. The summed E-state index contributed by atoms with van der Waals surface area (Å²) in [6.45, 7) is 7.17. The minimum atomic E-state index is 0.197. The van der Waals surface area contributed by atoms with Crippen molar-refractivity contribution in [3.8, 4) is 0 Å². The third-order valence-electron chi connectivity index (χ3n) is 6.63. The fourth-order valence-corrected chi connectivity index (χ4v) is 5.89. The fourth-order valence-electron chi connectivity index (χ4n) is 5.89. The van der Waals surface area contributed by atoms with Gasteiger partial charge in [0.05, 0.1) is 0 Å². The van der Waals surface area contributed by atoms with Gasteiger partial charge in [0, 0.05) is 19.6 Å². The van der Waals surface area contributed by atoms with E-state index in [0.29, 0.717) is 5.41 Å². The maximum absolute atomic E-state index is 12.7. The van der Waals surface area contributed by atoms with Crippen LogP contribution in [0.1, 0.15) is 78.1 Å². The second kappa shape index (κ2) is 7.44. The van der Waals surface area contributed by atoms with E-state index in [4.69, 9.17) is 0 Å². The highest BCUT2D eigenvalue weighted by Gasteiger charge is 2.50. The maximum Gasteiger partial charge on any atom is 0.317 e. The van der Waals surface area contributed by atoms with Crippen LogP contribution in [0.15, 0.2) is 0 Å². The number of nitrogens with one attached hydrogen (secondary N) is 1. The molecule has 0 spiro atoms. The molecular formula is C20H36N2O. The highest BCUT2D eigenvalue weighted by atomic mass is 16.2. The Morgan fingerprint density at radius 3 is 1.87 bits per heavy atom. The Kier molecular flexibility index (Phi) is 5.53. The molecule has 0 atom stereocenters. The Hall–Kier alpha value is -0.730. The Labute approximate surface area is 142 Å². The summed E-state index contributed by atoms with van der Waals surface area (Å²) in [7, 11) is 0. The number of unbranched alkanes of at least 4 members (excludes halogenated alkanes) is 2. The highest BCUT2D eigenvalue weighted by Crippen LogP contribution is 2.59. The van der Waals surface area contributed by atoms with E-state index < -0.39 is 0 Å². The first kappa shape index (κ1) is 17.1. The quantitative estimate of drug-likeness (QED) is 0.683. The molecule has 0 radical (unpaired) electrons. The molecule has 132 valence electrons. The van der Waals surface area contributed by atoms with Gasteiger partial charge in [-0.15, -0.1) is 0 Å². The largest absolute Gasteiger partial charge is 0.337 e. The number of carbonyl (C=O) groups excluding carboxylic acids is 1. The molecule has 0 heterocycles.